The van der Waals surface area contributed by atoms with Crippen molar-refractivity contribution in [2.75, 3.05) is 13.6 Å². The first-order valence-corrected chi connectivity index (χ1v) is 10.6. The number of carbonyl (C=O) groups excluding carboxylic acids is 1. The van der Waals surface area contributed by atoms with Crippen LogP contribution >= 0.6 is 11.3 Å². The summed E-state index contributed by atoms with van der Waals surface area (Å²) in [5, 5.41) is 4.38. The maximum atomic E-state index is 12.7. The number of nitrogens with zero attached hydrogens (tertiary/aromatic N) is 1. The fourth-order valence-electron chi connectivity index (χ4n) is 2.20. The van der Waals surface area contributed by atoms with Crippen molar-refractivity contribution in [1.82, 2.24) is 9.62 Å². The van der Waals surface area contributed by atoms with Crippen LogP contribution in [0, 0.1) is 0 Å². The van der Waals surface area contributed by atoms with Crippen LogP contribution < -0.4 is 5.32 Å². The molecule has 2 aromatic rings. The molecule has 1 N–H and O–H groups in total. The minimum atomic E-state index is -3.59. The van der Waals surface area contributed by atoms with Crippen molar-refractivity contribution in [2.45, 2.75) is 37.6 Å². The van der Waals surface area contributed by atoms with Crippen LogP contribution in [0.1, 0.15) is 35.5 Å². The Labute approximate surface area is 153 Å². The molecule has 1 heterocycles. The van der Waals surface area contributed by atoms with Gasteiger partial charge in [-0.25, -0.2) is 12.7 Å². The Morgan fingerprint density at radius 1 is 1.28 bits per heavy atom. The fraction of sp³-hybridized carbons (Fsp3) is 0.389. The highest BCUT2D eigenvalue weighted by molar-refractivity contribution is 7.89. The standard InChI is InChI=1S/C18H24N2O3S2/c1-4-14(2)19-18(21)17-12-16(13-24-17)25(22,23)20(3)11-10-15-8-6-5-7-9-15/h5-9,12-14H,4,10-11H2,1-3H3,(H,19,21). The molecule has 1 unspecified atom stereocenters. The van der Waals surface area contributed by atoms with E-state index in [-0.39, 0.29) is 16.8 Å². The van der Waals surface area contributed by atoms with E-state index in [4.69, 9.17) is 0 Å². The number of likely N-dealkylation sites (N-methyl/N-ethyl adjacent to an activating group) is 1. The molecule has 0 aliphatic carbocycles. The van der Waals surface area contributed by atoms with Gasteiger partial charge < -0.3 is 5.32 Å². The van der Waals surface area contributed by atoms with Gasteiger partial charge >= 0.3 is 0 Å². The van der Waals surface area contributed by atoms with Gasteiger partial charge in [0.2, 0.25) is 10.0 Å². The van der Waals surface area contributed by atoms with Crippen molar-refractivity contribution in [2.24, 2.45) is 0 Å². The second-order valence-corrected chi connectivity index (χ2v) is 8.95. The van der Waals surface area contributed by atoms with Crippen molar-refractivity contribution in [3.63, 3.8) is 0 Å². The van der Waals surface area contributed by atoms with Crippen molar-refractivity contribution in [3.05, 3.63) is 52.2 Å². The topological polar surface area (TPSA) is 66.5 Å². The summed E-state index contributed by atoms with van der Waals surface area (Å²) in [4.78, 5) is 12.7. The van der Waals surface area contributed by atoms with Gasteiger partial charge in [0.1, 0.15) is 0 Å². The van der Waals surface area contributed by atoms with Gasteiger partial charge in [0.05, 0.1) is 9.77 Å². The lowest BCUT2D eigenvalue weighted by atomic mass is 10.2. The summed E-state index contributed by atoms with van der Waals surface area (Å²) in [6.45, 7) is 4.29. The van der Waals surface area contributed by atoms with Gasteiger partial charge in [0, 0.05) is 25.0 Å². The summed E-state index contributed by atoms with van der Waals surface area (Å²) in [5.41, 5.74) is 1.09. The number of rotatable bonds is 8. The summed E-state index contributed by atoms with van der Waals surface area (Å²) in [6, 6.07) is 11.3. The zero-order chi connectivity index (χ0) is 18.4. The Morgan fingerprint density at radius 3 is 2.60 bits per heavy atom. The molecular formula is C18H24N2O3S2. The molecule has 5 nitrogen and oxygen atoms in total. The third-order valence-electron chi connectivity index (χ3n) is 4.06. The Morgan fingerprint density at radius 2 is 1.96 bits per heavy atom. The van der Waals surface area contributed by atoms with Crippen LogP contribution in [-0.4, -0.2) is 38.3 Å². The molecular weight excluding hydrogens is 356 g/mol. The first-order chi connectivity index (χ1) is 11.8. The summed E-state index contributed by atoms with van der Waals surface area (Å²) in [5.74, 6) is -0.229. The molecule has 0 radical (unpaired) electrons. The summed E-state index contributed by atoms with van der Waals surface area (Å²) < 4.78 is 26.7. The monoisotopic (exact) mass is 380 g/mol. The van der Waals surface area contributed by atoms with Gasteiger partial charge in [0.15, 0.2) is 0 Å². The molecule has 0 spiro atoms. The molecule has 1 amide bonds. The van der Waals surface area contributed by atoms with Gasteiger partial charge in [-0.2, -0.15) is 0 Å². The van der Waals surface area contributed by atoms with Crippen molar-refractivity contribution < 1.29 is 13.2 Å². The SMILES string of the molecule is CCC(C)NC(=O)c1cc(S(=O)(=O)N(C)CCc2ccccc2)cs1. The second kappa shape index (κ2) is 8.60. The molecule has 0 saturated heterocycles. The van der Waals surface area contributed by atoms with Crippen molar-refractivity contribution in [3.8, 4) is 0 Å². The molecule has 0 aliphatic heterocycles. The van der Waals surface area contributed by atoms with Crippen LogP contribution in [0.2, 0.25) is 0 Å². The summed E-state index contributed by atoms with van der Waals surface area (Å²) in [6.07, 6.45) is 1.46. The zero-order valence-corrected chi connectivity index (χ0v) is 16.4. The van der Waals surface area contributed by atoms with Crippen molar-refractivity contribution >= 4 is 27.3 Å². The van der Waals surface area contributed by atoms with Gasteiger partial charge in [-0.3, -0.25) is 4.79 Å². The highest BCUT2D eigenvalue weighted by atomic mass is 32.2. The van der Waals surface area contributed by atoms with Crippen molar-refractivity contribution in [1.29, 1.82) is 0 Å². The van der Waals surface area contributed by atoms with Crippen LogP contribution in [0.4, 0.5) is 0 Å². The quantitative estimate of drug-likeness (QED) is 0.765. The highest BCUT2D eigenvalue weighted by Gasteiger charge is 2.23. The fourth-order valence-corrected chi connectivity index (χ4v) is 4.54. The maximum absolute atomic E-state index is 12.7. The van der Waals surface area contributed by atoms with Gasteiger partial charge in [-0.05, 0) is 31.4 Å². The number of hydrogen-bond donors (Lipinski definition) is 1. The van der Waals surface area contributed by atoms with E-state index in [1.807, 2.05) is 44.2 Å². The maximum Gasteiger partial charge on any atom is 0.261 e. The number of nitrogens with one attached hydrogen (secondary N) is 1. The predicted molar refractivity (Wildman–Crippen MR) is 102 cm³/mol. The van der Waals surface area contributed by atoms with Gasteiger partial charge in [0.25, 0.3) is 5.91 Å². The van der Waals surface area contributed by atoms with Crippen LogP contribution in [0.15, 0.2) is 46.7 Å². The van der Waals surface area contributed by atoms with Gasteiger partial charge in [-0.1, -0.05) is 37.3 Å². The smallest absolute Gasteiger partial charge is 0.261 e. The zero-order valence-electron chi connectivity index (χ0n) is 14.7. The third-order valence-corrected chi connectivity index (χ3v) is 6.97. The average Bonchev–Trinajstić information content (AvgIpc) is 3.11. The molecule has 0 aliphatic rings. The van der Waals surface area contributed by atoms with Crippen LogP contribution in [0.3, 0.4) is 0 Å². The Hall–Kier alpha value is -1.70. The number of thiophene rings is 1. The summed E-state index contributed by atoms with van der Waals surface area (Å²) >= 11 is 1.15. The molecule has 0 saturated carbocycles. The molecule has 1 atom stereocenters. The second-order valence-electron chi connectivity index (χ2n) is 5.99. The number of sulfonamides is 1. The van der Waals surface area contributed by atoms with E-state index in [9.17, 15) is 13.2 Å². The third kappa shape index (κ3) is 5.14. The number of hydrogen-bond acceptors (Lipinski definition) is 4. The lowest BCUT2D eigenvalue weighted by Gasteiger charge is -2.16. The minimum Gasteiger partial charge on any atom is -0.349 e. The first-order valence-electron chi connectivity index (χ1n) is 8.24. The highest BCUT2D eigenvalue weighted by Crippen LogP contribution is 2.22. The predicted octanol–water partition coefficient (Wildman–Crippen LogP) is 3.14. The van der Waals surface area contributed by atoms with Gasteiger partial charge in [-0.15, -0.1) is 11.3 Å². The molecule has 136 valence electrons. The Kier molecular flexibility index (Phi) is 6.75. The lowest BCUT2D eigenvalue weighted by Crippen LogP contribution is -2.31. The Balaban J connectivity index is 2.05. The van der Waals surface area contributed by atoms with Crippen LogP contribution in [0.5, 0.6) is 0 Å². The Bertz CT molecular complexity index is 801. The van der Waals surface area contributed by atoms with E-state index < -0.39 is 10.0 Å². The van der Waals surface area contributed by atoms with E-state index in [0.717, 1.165) is 23.3 Å². The first kappa shape index (κ1) is 19.6. The van der Waals surface area contributed by atoms with E-state index in [2.05, 4.69) is 5.32 Å². The molecule has 2 rings (SSSR count). The molecule has 1 aromatic carbocycles. The minimum absolute atomic E-state index is 0.0585. The van der Waals surface area contributed by atoms with E-state index in [0.29, 0.717) is 17.8 Å². The van der Waals surface area contributed by atoms with E-state index in [1.165, 1.54) is 15.8 Å². The summed E-state index contributed by atoms with van der Waals surface area (Å²) in [7, 11) is -2.03. The van der Waals surface area contributed by atoms with E-state index in [1.54, 1.807) is 7.05 Å². The number of benzene rings is 1. The lowest BCUT2D eigenvalue weighted by molar-refractivity contribution is 0.0943. The average molecular weight is 381 g/mol. The number of carbonyl (C=O) groups is 1. The molecule has 7 heteroatoms. The molecule has 1 aromatic heterocycles. The largest absolute Gasteiger partial charge is 0.349 e. The normalized spacial score (nSPS) is 13.0. The number of amides is 1. The molecule has 0 fully saturated rings. The molecule has 25 heavy (non-hydrogen) atoms. The van der Waals surface area contributed by atoms with Crippen LogP contribution in [-0.2, 0) is 16.4 Å². The van der Waals surface area contributed by atoms with Crippen LogP contribution in [0.25, 0.3) is 0 Å². The van der Waals surface area contributed by atoms with E-state index >= 15 is 0 Å². The molecule has 0 bridgehead atoms.